The van der Waals surface area contributed by atoms with Gasteiger partial charge in [-0.2, -0.15) is 0 Å². The predicted octanol–water partition coefficient (Wildman–Crippen LogP) is 5.96. The second-order valence-electron chi connectivity index (χ2n) is 5.59. The van der Waals surface area contributed by atoms with Crippen LogP contribution in [0.5, 0.6) is 0 Å². The van der Waals surface area contributed by atoms with Gasteiger partial charge in [0, 0.05) is 10.6 Å². The molecular formula is C20H23ClO. The molecule has 0 saturated heterocycles. The highest BCUT2D eigenvalue weighted by Gasteiger charge is 2.32. The minimum atomic E-state index is -1.02. The molecule has 1 atom stereocenters. The largest absolute Gasteiger partial charge is 0.381 e. The van der Waals surface area contributed by atoms with Gasteiger partial charge >= 0.3 is 0 Å². The Morgan fingerprint density at radius 1 is 1.05 bits per heavy atom. The summed E-state index contributed by atoms with van der Waals surface area (Å²) in [6.45, 7) is 8.23. The van der Waals surface area contributed by atoms with Crippen LogP contribution < -0.4 is 0 Å². The van der Waals surface area contributed by atoms with E-state index in [1.807, 2.05) is 55.5 Å². The van der Waals surface area contributed by atoms with Crippen LogP contribution in [0, 0.1) is 0 Å². The van der Waals surface area contributed by atoms with Crippen LogP contribution in [-0.2, 0) is 5.60 Å². The molecule has 0 aliphatic rings. The van der Waals surface area contributed by atoms with E-state index in [0.717, 1.165) is 35.1 Å². The average molecular weight is 315 g/mol. The van der Waals surface area contributed by atoms with Gasteiger partial charge in [-0.15, -0.1) is 0 Å². The van der Waals surface area contributed by atoms with E-state index in [1.54, 1.807) is 0 Å². The van der Waals surface area contributed by atoms with Crippen molar-refractivity contribution in [1.29, 1.82) is 0 Å². The van der Waals surface area contributed by atoms with E-state index in [0.29, 0.717) is 11.4 Å². The van der Waals surface area contributed by atoms with Crippen molar-refractivity contribution in [2.45, 2.75) is 38.7 Å². The van der Waals surface area contributed by atoms with E-state index < -0.39 is 5.60 Å². The van der Waals surface area contributed by atoms with Crippen LogP contribution in [-0.4, -0.2) is 5.11 Å². The summed E-state index contributed by atoms with van der Waals surface area (Å²) in [5.74, 6) is 0. The van der Waals surface area contributed by atoms with Gasteiger partial charge in [0.05, 0.1) is 0 Å². The predicted molar refractivity (Wildman–Crippen MR) is 95.1 cm³/mol. The molecule has 0 amide bonds. The fourth-order valence-electron chi connectivity index (χ4n) is 2.90. The van der Waals surface area contributed by atoms with Gasteiger partial charge in [-0.05, 0) is 35.6 Å². The molecule has 0 radical (unpaired) electrons. The summed E-state index contributed by atoms with van der Waals surface area (Å²) in [5, 5.41) is 12.0. The number of hydrogen-bond donors (Lipinski definition) is 1. The molecule has 2 aromatic rings. The van der Waals surface area contributed by atoms with Crippen LogP contribution in [0.3, 0.4) is 0 Å². The van der Waals surface area contributed by atoms with Crippen molar-refractivity contribution in [2.75, 3.05) is 0 Å². The molecule has 0 bridgehead atoms. The van der Waals surface area contributed by atoms with Crippen molar-refractivity contribution in [3.63, 3.8) is 0 Å². The van der Waals surface area contributed by atoms with E-state index in [4.69, 9.17) is 11.6 Å². The second kappa shape index (κ2) is 7.13. The maximum Gasteiger partial charge on any atom is 0.111 e. The highest BCUT2D eigenvalue weighted by Crippen LogP contribution is 2.41. The first kappa shape index (κ1) is 16.8. The molecule has 2 aromatic carbocycles. The van der Waals surface area contributed by atoms with Gasteiger partial charge in [-0.25, -0.2) is 0 Å². The molecule has 0 fully saturated rings. The lowest BCUT2D eigenvalue weighted by Gasteiger charge is -2.32. The summed E-state index contributed by atoms with van der Waals surface area (Å²) in [6.07, 6.45) is 2.36. The lowest BCUT2D eigenvalue weighted by atomic mass is 9.79. The molecule has 0 heterocycles. The molecule has 0 saturated carbocycles. The van der Waals surface area contributed by atoms with Gasteiger partial charge < -0.3 is 5.11 Å². The van der Waals surface area contributed by atoms with Gasteiger partial charge in [0.25, 0.3) is 0 Å². The second-order valence-corrected chi connectivity index (χ2v) is 6.00. The number of benzene rings is 2. The Balaban J connectivity index is 2.61. The Hall–Kier alpha value is -1.57. The van der Waals surface area contributed by atoms with Crippen molar-refractivity contribution < 1.29 is 5.11 Å². The molecule has 2 heteroatoms. The van der Waals surface area contributed by atoms with E-state index in [2.05, 4.69) is 13.5 Å². The monoisotopic (exact) mass is 314 g/mol. The van der Waals surface area contributed by atoms with Crippen molar-refractivity contribution in [3.05, 3.63) is 71.3 Å². The Bertz CT molecular complexity index is 662. The fourth-order valence-corrected chi connectivity index (χ4v) is 3.14. The number of rotatable bonds is 6. The van der Waals surface area contributed by atoms with Crippen molar-refractivity contribution in [2.24, 2.45) is 0 Å². The SMILES string of the molecule is C=C(CCC)C(O)(CC)c1ccccc1-c1ccccc1Cl. The molecule has 0 spiro atoms. The molecule has 1 nitrogen and oxygen atoms in total. The first-order valence-corrected chi connectivity index (χ1v) is 8.17. The lowest BCUT2D eigenvalue weighted by Crippen LogP contribution is -2.27. The first-order chi connectivity index (χ1) is 10.5. The van der Waals surface area contributed by atoms with Gasteiger partial charge in [-0.3, -0.25) is 0 Å². The molecule has 2 rings (SSSR count). The maximum absolute atomic E-state index is 11.3. The van der Waals surface area contributed by atoms with Gasteiger partial charge in [0.2, 0.25) is 0 Å². The smallest absolute Gasteiger partial charge is 0.111 e. The zero-order valence-electron chi connectivity index (χ0n) is 13.3. The standard InChI is InChI=1S/C20H23ClO/c1-4-10-15(3)20(22,5-2)18-13-8-6-11-16(18)17-12-7-9-14-19(17)21/h6-9,11-14,22H,3-5,10H2,1-2H3. The van der Waals surface area contributed by atoms with Crippen LogP contribution in [0.4, 0.5) is 0 Å². The third kappa shape index (κ3) is 3.11. The molecule has 116 valence electrons. The zero-order valence-corrected chi connectivity index (χ0v) is 14.0. The summed E-state index contributed by atoms with van der Waals surface area (Å²) < 4.78 is 0. The normalized spacial score (nSPS) is 13.6. The summed E-state index contributed by atoms with van der Waals surface area (Å²) in [7, 11) is 0. The molecule has 0 aliphatic carbocycles. The molecule has 0 aliphatic heterocycles. The summed E-state index contributed by atoms with van der Waals surface area (Å²) >= 11 is 6.36. The van der Waals surface area contributed by atoms with Crippen LogP contribution in [0.2, 0.25) is 5.02 Å². The molecule has 0 aromatic heterocycles. The molecule has 22 heavy (non-hydrogen) atoms. The van der Waals surface area contributed by atoms with E-state index in [9.17, 15) is 5.11 Å². The Kier molecular flexibility index (Phi) is 5.44. The maximum atomic E-state index is 11.3. The van der Waals surface area contributed by atoms with E-state index in [1.165, 1.54) is 0 Å². The number of aliphatic hydroxyl groups is 1. The van der Waals surface area contributed by atoms with Crippen molar-refractivity contribution in [1.82, 2.24) is 0 Å². The number of halogens is 1. The fraction of sp³-hybridized carbons (Fsp3) is 0.300. The zero-order chi connectivity index (χ0) is 16.2. The minimum absolute atomic E-state index is 0.591. The highest BCUT2D eigenvalue weighted by atomic mass is 35.5. The third-order valence-corrected chi connectivity index (χ3v) is 4.51. The summed E-state index contributed by atoms with van der Waals surface area (Å²) in [4.78, 5) is 0. The Morgan fingerprint density at radius 2 is 1.64 bits per heavy atom. The molecule has 1 N–H and O–H groups in total. The minimum Gasteiger partial charge on any atom is -0.381 e. The van der Waals surface area contributed by atoms with Crippen LogP contribution in [0.25, 0.3) is 11.1 Å². The third-order valence-electron chi connectivity index (χ3n) is 4.18. The van der Waals surface area contributed by atoms with Gasteiger partial charge in [0.15, 0.2) is 0 Å². The van der Waals surface area contributed by atoms with Crippen LogP contribution >= 0.6 is 11.6 Å². The van der Waals surface area contributed by atoms with Crippen LogP contribution in [0.1, 0.15) is 38.7 Å². The topological polar surface area (TPSA) is 20.2 Å². The van der Waals surface area contributed by atoms with E-state index in [-0.39, 0.29) is 0 Å². The lowest BCUT2D eigenvalue weighted by molar-refractivity contribution is 0.0692. The Morgan fingerprint density at radius 3 is 2.23 bits per heavy atom. The van der Waals surface area contributed by atoms with Gasteiger partial charge in [-0.1, -0.05) is 80.9 Å². The average Bonchev–Trinajstić information content (AvgIpc) is 2.55. The Labute approximate surface area is 138 Å². The summed E-state index contributed by atoms with van der Waals surface area (Å²) in [5.41, 5.74) is 2.62. The van der Waals surface area contributed by atoms with Crippen molar-refractivity contribution in [3.8, 4) is 11.1 Å². The molecule has 1 unspecified atom stereocenters. The summed E-state index contributed by atoms with van der Waals surface area (Å²) in [6, 6.07) is 15.6. The molecular weight excluding hydrogens is 292 g/mol. The first-order valence-electron chi connectivity index (χ1n) is 7.79. The van der Waals surface area contributed by atoms with Crippen LogP contribution in [0.15, 0.2) is 60.7 Å². The van der Waals surface area contributed by atoms with E-state index >= 15 is 0 Å². The van der Waals surface area contributed by atoms with Crippen molar-refractivity contribution >= 4 is 11.6 Å². The highest BCUT2D eigenvalue weighted by molar-refractivity contribution is 6.33. The number of hydrogen-bond acceptors (Lipinski definition) is 1. The quantitative estimate of drug-likeness (QED) is 0.652. The van der Waals surface area contributed by atoms with Gasteiger partial charge in [0.1, 0.15) is 5.60 Å².